The van der Waals surface area contributed by atoms with Crippen LogP contribution in [0.4, 0.5) is 5.13 Å². The Balaban J connectivity index is 1.87. The molecule has 1 heterocycles. The van der Waals surface area contributed by atoms with Gasteiger partial charge >= 0.3 is 0 Å². The summed E-state index contributed by atoms with van der Waals surface area (Å²) in [6, 6.07) is 10.3. The number of anilines is 1. The fraction of sp³-hybridized carbons (Fsp3) is 0.357. The predicted octanol–water partition coefficient (Wildman–Crippen LogP) is 3.17. The largest absolute Gasteiger partial charge is 0.361 e. The van der Waals surface area contributed by atoms with Crippen LogP contribution < -0.4 is 5.32 Å². The Bertz CT molecular complexity index is 465. The smallest absolute Gasteiger partial charge is 0.183 e. The molecule has 3 nitrogen and oxygen atoms in total. The summed E-state index contributed by atoms with van der Waals surface area (Å²) in [5.41, 5.74) is 2.23. The van der Waals surface area contributed by atoms with Gasteiger partial charge in [0.1, 0.15) is 0 Å². The molecule has 0 atom stereocenters. The molecule has 0 unspecified atom stereocenters. The van der Waals surface area contributed by atoms with Gasteiger partial charge in [0.2, 0.25) is 0 Å². The molecular weight excluding hydrogens is 242 g/mol. The Labute approximate surface area is 112 Å². The quantitative estimate of drug-likeness (QED) is 0.810. The maximum Gasteiger partial charge on any atom is 0.183 e. The molecule has 1 aromatic carbocycles. The van der Waals surface area contributed by atoms with Crippen LogP contribution in [0.1, 0.15) is 6.42 Å². The first-order valence-electron chi connectivity index (χ1n) is 6.15. The third kappa shape index (κ3) is 3.82. The molecule has 0 radical (unpaired) electrons. The van der Waals surface area contributed by atoms with Crippen molar-refractivity contribution in [3.63, 3.8) is 0 Å². The number of nitrogens with one attached hydrogen (secondary N) is 1. The second-order valence-electron chi connectivity index (χ2n) is 4.49. The van der Waals surface area contributed by atoms with E-state index in [0.717, 1.165) is 30.3 Å². The van der Waals surface area contributed by atoms with Crippen molar-refractivity contribution in [3.05, 3.63) is 35.7 Å². The van der Waals surface area contributed by atoms with Crippen molar-refractivity contribution in [1.29, 1.82) is 0 Å². The van der Waals surface area contributed by atoms with Crippen LogP contribution in [-0.4, -0.2) is 37.1 Å². The molecule has 0 aliphatic carbocycles. The second kappa shape index (κ2) is 6.52. The lowest BCUT2D eigenvalue weighted by molar-refractivity contribution is 0.405. The number of hydrogen-bond acceptors (Lipinski definition) is 4. The van der Waals surface area contributed by atoms with E-state index >= 15 is 0 Å². The number of thiazole rings is 1. The highest BCUT2D eigenvalue weighted by Gasteiger charge is 2.03. The molecule has 0 aliphatic rings. The van der Waals surface area contributed by atoms with Crippen LogP contribution in [0.25, 0.3) is 11.3 Å². The molecule has 0 aliphatic heterocycles. The summed E-state index contributed by atoms with van der Waals surface area (Å²) in [7, 11) is 4.19. The first-order chi connectivity index (χ1) is 8.75. The van der Waals surface area contributed by atoms with Crippen LogP contribution in [0, 0.1) is 0 Å². The molecule has 1 N–H and O–H groups in total. The summed E-state index contributed by atoms with van der Waals surface area (Å²) < 4.78 is 0. The van der Waals surface area contributed by atoms with Crippen LogP contribution in [0.3, 0.4) is 0 Å². The Morgan fingerprint density at radius 2 is 2.00 bits per heavy atom. The molecular formula is C14H19N3S. The molecule has 0 spiro atoms. The third-order valence-corrected chi connectivity index (χ3v) is 3.43. The highest BCUT2D eigenvalue weighted by Crippen LogP contribution is 2.24. The summed E-state index contributed by atoms with van der Waals surface area (Å²) in [6.07, 6.45) is 1.13. The predicted molar refractivity (Wildman–Crippen MR) is 79.2 cm³/mol. The number of aromatic nitrogens is 1. The zero-order chi connectivity index (χ0) is 12.8. The first kappa shape index (κ1) is 13.1. The molecule has 0 amide bonds. The Kier molecular flexibility index (Phi) is 4.73. The Morgan fingerprint density at radius 3 is 2.72 bits per heavy atom. The van der Waals surface area contributed by atoms with Crippen molar-refractivity contribution in [1.82, 2.24) is 9.88 Å². The Morgan fingerprint density at radius 1 is 1.22 bits per heavy atom. The van der Waals surface area contributed by atoms with Crippen molar-refractivity contribution >= 4 is 16.5 Å². The van der Waals surface area contributed by atoms with E-state index < -0.39 is 0 Å². The molecule has 1 aromatic heterocycles. The number of hydrogen-bond donors (Lipinski definition) is 1. The van der Waals surface area contributed by atoms with Gasteiger partial charge in [0.25, 0.3) is 0 Å². The zero-order valence-electron chi connectivity index (χ0n) is 10.9. The summed E-state index contributed by atoms with van der Waals surface area (Å²) in [4.78, 5) is 6.78. The normalized spacial score (nSPS) is 10.8. The second-order valence-corrected chi connectivity index (χ2v) is 5.35. The number of benzene rings is 1. The average Bonchev–Trinajstić information content (AvgIpc) is 2.84. The molecule has 0 bridgehead atoms. The Hall–Kier alpha value is -1.39. The van der Waals surface area contributed by atoms with Gasteiger partial charge < -0.3 is 10.2 Å². The average molecular weight is 261 g/mol. The minimum Gasteiger partial charge on any atom is -0.361 e. The minimum atomic E-state index is 0.972. The third-order valence-electron chi connectivity index (χ3n) is 2.63. The van der Waals surface area contributed by atoms with Crippen molar-refractivity contribution in [2.75, 3.05) is 32.5 Å². The van der Waals surface area contributed by atoms with E-state index in [2.05, 4.69) is 46.8 Å². The monoisotopic (exact) mass is 261 g/mol. The van der Waals surface area contributed by atoms with Gasteiger partial charge in [-0.25, -0.2) is 4.98 Å². The molecule has 4 heteroatoms. The molecule has 0 saturated carbocycles. The van der Waals surface area contributed by atoms with Gasteiger partial charge in [0, 0.05) is 17.5 Å². The zero-order valence-corrected chi connectivity index (χ0v) is 11.7. The van der Waals surface area contributed by atoms with Gasteiger partial charge in [-0.2, -0.15) is 0 Å². The standard InChI is InChI=1S/C14H19N3S/c1-17(2)10-6-9-15-14-16-13(11-18-14)12-7-4-3-5-8-12/h3-5,7-8,11H,6,9-10H2,1-2H3,(H,15,16). The van der Waals surface area contributed by atoms with E-state index in [4.69, 9.17) is 0 Å². The van der Waals surface area contributed by atoms with Crippen LogP contribution in [0.2, 0.25) is 0 Å². The fourth-order valence-electron chi connectivity index (χ4n) is 1.69. The van der Waals surface area contributed by atoms with Crippen LogP contribution >= 0.6 is 11.3 Å². The lowest BCUT2D eigenvalue weighted by atomic mass is 10.2. The van der Waals surface area contributed by atoms with Crippen molar-refractivity contribution < 1.29 is 0 Å². The summed E-state index contributed by atoms with van der Waals surface area (Å²) in [6.45, 7) is 2.07. The van der Waals surface area contributed by atoms with E-state index in [1.54, 1.807) is 11.3 Å². The molecule has 2 rings (SSSR count). The van der Waals surface area contributed by atoms with Crippen LogP contribution in [-0.2, 0) is 0 Å². The van der Waals surface area contributed by atoms with Gasteiger partial charge in [-0.1, -0.05) is 30.3 Å². The van der Waals surface area contributed by atoms with Gasteiger partial charge in [-0.15, -0.1) is 11.3 Å². The maximum atomic E-state index is 4.59. The van der Waals surface area contributed by atoms with Crippen LogP contribution in [0.5, 0.6) is 0 Å². The van der Waals surface area contributed by atoms with Crippen molar-refractivity contribution in [3.8, 4) is 11.3 Å². The van der Waals surface area contributed by atoms with Crippen molar-refractivity contribution in [2.45, 2.75) is 6.42 Å². The summed E-state index contributed by atoms with van der Waals surface area (Å²) in [5.74, 6) is 0. The summed E-state index contributed by atoms with van der Waals surface area (Å²) >= 11 is 1.67. The number of nitrogens with zero attached hydrogens (tertiary/aromatic N) is 2. The van der Waals surface area contributed by atoms with Gasteiger partial charge in [-0.3, -0.25) is 0 Å². The minimum absolute atomic E-state index is 0.972. The topological polar surface area (TPSA) is 28.2 Å². The SMILES string of the molecule is CN(C)CCCNc1nc(-c2ccccc2)cs1. The van der Waals surface area contributed by atoms with E-state index in [-0.39, 0.29) is 0 Å². The fourth-order valence-corrected chi connectivity index (χ4v) is 2.44. The van der Waals surface area contributed by atoms with Crippen LogP contribution in [0.15, 0.2) is 35.7 Å². The van der Waals surface area contributed by atoms with Crippen molar-refractivity contribution in [2.24, 2.45) is 0 Å². The maximum absolute atomic E-state index is 4.59. The van der Waals surface area contributed by atoms with Gasteiger partial charge in [-0.05, 0) is 27.1 Å². The molecule has 0 fully saturated rings. The van der Waals surface area contributed by atoms with E-state index in [1.807, 2.05) is 18.2 Å². The summed E-state index contributed by atoms with van der Waals surface area (Å²) in [5, 5.41) is 6.48. The lowest BCUT2D eigenvalue weighted by Gasteiger charge is -2.08. The molecule has 0 saturated heterocycles. The van der Waals surface area contributed by atoms with Gasteiger partial charge in [0.05, 0.1) is 5.69 Å². The van der Waals surface area contributed by atoms with Gasteiger partial charge in [0.15, 0.2) is 5.13 Å². The highest BCUT2D eigenvalue weighted by atomic mass is 32.1. The molecule has 2 aromatic rings. The van der Waals surface area contributed by atoms with E-state index in [1.165, 1.54) is 5.56 Å². The highest BCUT2D eigenvalue weighted by molar-refractivity contribution is 7.14. The first-order valence-corrected chi connectivity index (χ1v) is 7.03. The molecule has 96 valence electrons. The number of rotatable bonds is 6. The van der Waals surface area contributed by atoms with E-state index in [0.29, 0.717) is 0 Å². The molecule has 18 heavy (non-hydrogen) atoms. The lowest BCUT2D eigenvalue weighted by Crippen LogP contribution is -2.16. The van der Waals surface area contributed by atoms with E-state index in [9.17, 15) is 0 Å².